The lowest BCUT2D eigenvalue weighted by molar-refractivity contribution is -0.152. The number of hydrogen-bond donors (Lipinski definition) is 1. The molecule has 1 unspecified atom stereocenters. The van der Waals surface area contributed by atoms with E-state index in [0.29, 0.717) is 6.42 Å². The van der Waals surface area contributed by atoms with Crippen molar-refractivity contribution in [3.05, 3.63) is 24.8 Å². The Labute approximate surface area is 210 Å². The van der Waals surface area contributed by atoms with Gasteiger partial charge in [-0.3, -0.25) is 9.59 Å². The third-order valence-corrected chi connectivity index (χ3v) is 6.51. The van der Waals surface area contributed by atoms with Crippen molar-refractivity contribution in [2.75, 3.05) is 6.61 Å². The molecule has 34 heavy (non-hydrogen) atoms. The number of unbranched alkanes of at least 4 members (excludes halogenated alkanes) is 18. The Balaban J connectivity index is 3.38. The molecule has 0 rings (SSSR count). The minimum Gasteiger partial charge on any atom is -0.481 e. The fraction of sp³-hybridized carbons (Fsp3) is 0.800. The minimum absolute atomic E-state index is 0.145. The Morgan fingerprint density at radius 1 is 0.735 bits per heavy atom. The highest BCUT2D eigenvalue weighted by molar-refractivity contribution is 5.79. The van der Waals surface area contributed by atoms with Gasteiger partial charge in [0.1, 0.15) is 6.61 Å². The first kappa shape index (κ1) is 32.4. The highest BCUT2D eigenvalue weighted by atomic mass is 16.5. The van der Waals surface area contributed by atoms with Gasteiger partial charge in [-0.05, 0) is 26.2 Å². The maximum Gasteiger partial charge on any atom is 0.309 e. The number of esters is 1. The number of allylic oxidation sites excluding steroid dienone is 2. The highest BCUT2D eigenvalue weighted by Gasteiger charge is 2.22. The van der Waals surface area contributed by atoms with E-state index in [9.17, 15) is 9.59 Å². The Bertz CT molecular complexity index is 512. The summed E-state index contributed by atoms with van der Waals surface area (Å²) in [7, 11) is 0. The predicted octanol–water partition coefficient (Wildman–Crippen LogP) is 9.18. The van der Waals surface area contributed by atoms with E-state index in [1.165, 1.54) is 109 Å². The fourth-order valence-electron chi connectivity index (χ4n) is 4.42. The lowest BCUT2D eigenvalue weighted by Gasteiger charge is -2.13. The molecule has 0 aliphatic rings. The molecule has 1 atom stereocenters. The van der Waals surface area contributed by atoms with Gasteiger partial charge in [0.25, 0.3) is 0 Å². The van der Waals surface area contributed by atoms with Crippen molar-refractivity contribution in [3.63, 3.8) is 0 Å². The Kier molecular flexibility index (Phi) is 24.8. The van der Waals surface area contributed by atoms with E-state index in [-0.39, 0.29) is 13.0 Å². The van der Waals surface area contributed by atoms with Crippen LogP contribution in [0.1, 0.15) is 142 Å². The van der Waals surface area contributed by atoms with Gasteiger partial charge in [-0.25, -0.2) is 0 Å². The highest BCUT2D eigenvalue weighted by Crippen LogP contribution is 2.18. The van der Waals surface area contributed by atoms with E-state index in [1.807, 2.05) is 0 Å². The van der Waals surface area contributed by atoms with Gasteiger partial charge in [0.2, 0.25) is 0 Å². The van der Waals surface area contributed by atoms with Crippen LogP contribution >= 0.6 is 0 Å². The number of carbonyl (C=O) groups excluding carboxylic acids is 1. The minimum atomic E-state index is -0.942. The second-order valence-corrected chi connectivity index (χ2v) is 9.72. The van der Waals surface area contributed by atoms with Gasteiger partial charge in [0, 0.05) is 0 Å². The molecule has 0 aromatic heterocycles. The zero-order chi connectivity index (χ0) is 25.1. The van der Waals surface area contributed by atoms with E-state index in [4.69, 9.17) is 9.84 Å². The second kappa shape index (κ2) is 26.0. The van der Waals surface area contributed by atoms with Gasteiger partial charge >= 0.3 is 11.9 Å². The molecule has 0 fully saturated rings. The normalized spacial score (nSPS) is 12.1. The van der Waals surface area contributed by atoms with Crippen LogP contribution in [0.15, 0.2) is 24.8 Å². The molecule has 0 amide bonds. The summed E-state index contributed by atoms with van der Waals surface area (Å²) in [5.74, 6) is -1.88. The summed E-state index contributed by atoms with van der Waals surface area (Å²) in [5.41, 5.74) is 0. The number of carboxylic acids is 1. The van der Waals surface area contributed by atoms with Crippen LogP contribution in [0.25, 0.3) is 0 Å². The molecule has 0 bridgehead atoms. The molecule has 0 aliphatic carbocycles. The SMILES string of the molecule is C=CCOC(=O)C(CCCCCCCCCCCCCCCCCCCC/C=C/C)CC(=O)O. The first-order chi connectivity index (χ1) is 16.6. The largest absolute Gasteiger partial charge is 0.481 e. The van der Waals surface area contributed by atoms with Gasteiger partial charge in [0.05, 0.1) is 12.3 Å². The van der Waals surface area contributed by atoms with Gasteiger partial charge in [-0.1, -0.05) is 134 Å². The molecule has 0 saturated heterocycles. The van der Waals surface area contributed by atoms with Gasteiger partial charge in [-0.2, -0.15) is 0 Å². The van der Waals surface area contributed by atoms with Gasteiger partial charge < -0.3 is 9.84 Å². The van der Waals surface area contributed by atoms with Crippen LogP contribution in [0.3, 0.4) is 0 Å². The second-order valence-electron chi connectivity index (χ2n) is 9.72. The molecule has 0 aliphatic heterocycles. The van der Waals surface area contributed by atoms with E-state index in [0.717, 1.165) is 19.3 Å². The van der Waals surface area contributed by atoms with Gasteiger partial charge in [0.15, 0.2) is 0 Å². The van der Waals surface area contributed by atoms with Crippen LogP contribution in [-0.4, -0.2) is 23.7 Å². The van der Waals surface area contributed by atoms with Crippen LogP contribution < -0.4 is 0 Å². The monoisotopic (exact) mass is 478 g/mol. The van der Waals surface area contributed by atoms with Crippen molar-refractivity contribution in [2.24, 2.45) is 5.92 Å². The van der Waals surface area contributed by atoms with E-state index >= 15 is 0 Å². The van der Waals surface area contributed by atoms with Crippen LogP contribution in [-0.2, 0) is 14.3 Å². The number of carbonyl (C=O) groups is 2. The standard InChI is InChI=1S/C30H54O4/c1-3-5-6-7-8-9-10-11-12-13-14-15-16-17-18-19-20-21-22-23-24-25-28(27-29(31)32)30(33)34-26-4-2/h3-5,28H,2,6-27H2,1H3,(H,31,32)/b5-3+. The molecule has 0 saturated carbocycles. The molecule has 0 aromatic carbocycles. The van der Waals surface area contributed by atoms with Crippen molar-refractivity contribution in [3.8, 4) is 0 Å². The van der Waals surface area contributed by atoms with Crippen LogP contribution in [0.4, 0.5) is 0 Å². The third kappa shape index (κ3) is 23.6. The molecule has 198 valence electrons. The Morgan fingerprint density at radius 3 is 1.53 bits per heavy atom. The van der Waals surface area contributed by atoms with Gasteiger partial charge in [-0.15, -0.1) is 0 Å². The summed E-state index contributed by atoms with van der Waals surface area (Å²) in [4.78, 5) is 22.9. The van der Waals surface area contributed by atoms with Crippen LogP contribution in [0.2, 0.25) is 0 Å². The molecule has 0 radical (unpaired) electrons. The fourth-order valence-corrected chi connectivity index (χ4v) is 4.42. The number of aliphatic carboxylic acids is 1. The Hall–Kier alpha value is -1.58. The average molecular weight is 479 g/mol. The molecule has 0 spiro atoms. The summed E-state index contributed by atoms with van der Waals surface area (Å²) in [6.07, 6.45) is 31.3. The van der Waals surface area contributed by atoms with E-state index in [2.05, 4.69) is 25.7 Å². The van der Waals surface area contributed by atoms with Crippen molar-refractivity contribution < 1.29 is 19.4 Å². The molecular formula is C30H54O4. The first-order valence-corrected chi connectivity index (χ1v) is 14.2. The summed E-state index contributed by atoms with van der Waals surface area (Å²) in [6, 6.07) is 0. The summed E-state index contributed by atoms with van der Waals surface area (Å²) >= 11 is 0. The third-order valence-electron chi connectivity index (χ3n) is 6.51. The molecule has 4 heteroatoms. The Morgan fingerprint density at radius 2 is 1.15 bits per heavy atom. The van der Waals surface area contributed by atoms with Crippen molar-refractivity contribution in [2.45, 2.75) is 142 Å². The zero-order valence-electron chi connectivity index (χ0n) is 22.2. The lowest BCUT2D eigenvalue weighted by Crippen LogP contribution is -2.21. The van der Waals surface area contributed by atoms with E-state index in [1.54, 1.807) is 0 Å². The molecule has 4 nitrogen and oxygen atoms in total. The number of carboxylic acid groups (broad SMARTS) is 1. The smallest absolute Gasteiger partial charge is 0.309 e. The molecular weight excluding hydrogens is 424 g/mol. The topological polar surface area (TPSA) is 63.6 Å². The summed E-state index contributed by atoms with van der Waals surface area (Å²) in [5, 5.41) is 9.00. The van der Waals surface area contributed by atoms with Crippen molar-refractivity contribution in [1.29, 1.82) is 0 Å². The maximum atomic E-state index is 11.9. The van der Waals surface area contributed by atoms with Crippen molar-refractivity contribution in [1.82, 2.24) is 0 Å². The average Bonchev–Trinajstić information content (AvgIpc) is 2.82. The van der Waals surface area contributed by atoms with Crippen molar-refractivity contribution >= 4 is 11.9 Å². The number of ether oxygens (including phenoxy) is 1. The van der Waals surface area contributed by atoms with E-state index < -0.39 is 17.9 Å². The first-order valence-electron chi connectivity index (χ1n) is 14.2. The maximum absolute atomic E-state index is 11.9. The number of hydrogen-bond acceptors (Lipinski definition) is 3. The molecule has 1 N–H and O–H groups in total. The number of rotatable bonds is 26. The summed E-state index contributed by atoms with van der Waals surface area (Å²) < 4.78 is 5.03. The molecule has 0 aromatic rings. The predicted molar refractivity (Wildman–Crippen MR) is 144 cm³/mol. The zero-order valence-corrected chi connectivity index (χ0v) is 22.2. The van der Waals surface area contributed by atoms with Crippen LogP contribution in [0, 0.1) is 5.92 Å². The van der Waals surface area contributed by atoms with Crippen LogP contribution in [0.5, 0.6) is 0 Å². The molecule has 0 heterocycles. The lowest BCUT2D eigenvalue weighted by atomic mass is 9.97. The summed E-state index contributed by atoms with van der Waals surface area (Å²) in [6.45, 7) is 5.76. The quantitative estimate of drug-likeness (QED) is 0.0764.